The molecule has 190 valence electrons. The van der Waals surface area contributed by atoms with E-state index >= 15 is 0 Å². The number of nitrogens with zero attached hydrogens (tertiary/aromatic N) is 1. The van der Waals surface area contributed by atoms with E-state index in [1.165, 1.54) is 12.1 Å². The number of carbonyl (C=O) groups is 1. The van der Waals surface area contributed by atoms with E-state index in [-0.39, 0.29) is 17.6 Å². The molecule has 0 spiro atoms. The standard InChI is InChI=1S/C29H33FN2O4/c1-20-6-7-23(16-20)36-24-18-21(17-22(30)19-24)29(33)31-27-8-9-28(26-5-3-2-4-25(26)27)35-15-12-32-10-13-34-14-11-32/h2-5,8-9,17-20,23H,6-7,10-16H2,1H3,(H,31,33). The number of carbonyl (C=O) groups excluding carboxylic acids is 1. The third kappa shape index (κ3) is 5.97. The maximum absolute atomic E-state index is 14.3. The summed E-state index contributed by atoms with van der Waals surface area (Å²) in [5.74, 6) is 0.894. The summed E-state index contributed by atoms with van der Waals surface area (Å²) in [5, 5.41) is 4.73. The Labute approximate surface area is 211 Å². The van der Waals surface area contributed by atoms with Gasteiger partial charge < -0.3 is 19.5 Å². The van der Waals surface area contributed by atoms with Crippen LogP contribution in [0.1, 0.15) is 36.5 Å². The van der Waals surface area contributed by atoms with Crippen molar-refractivity contribution in [1.29, 1.82) is 0 Å². The summed E-state index contributed by atoms with van der Waals surface area (Å²) in [5.41, 5.74) is 0.874. The molecule has 2 fully saturated rings. The highest BCUT2D eigenvalue weighted by atomic mass is 19.1. The molecular formula is C29H33FN2O4. The van der Waals surface area contributed by atoms with E-state index in [1.54, 1.807) is 6.07 Å². The zero-order valence-corrected chi connectivity index (χ0v) is 20.7. The molecular weight excluding hydrogens is 459 g/mol. The molecule has 1 saturated heterocycles. The second-order valence-electron chi connectivity index (χ2n) is 9.75. The van der Waals surface area contributed by atoms with Crippen LogP contribution in [0.15, 0.2) is 54.6 Å². The van der Waals surface area contributed by atoms with E-state index < -0.39 is 5.82 Å². The first kappa shape index (κ1) is 24.5. The Balaban J connectivity index is 1.29. The predicted molar refractivity (Wildman–Crippen MR) is 138 cm³/mol. The van der Waals surface area contributed by atoms with E-state index in [0.29, 0.717) is 24.0 Å². The average molecular weight is 493 g/mol. The Morgan fingerprint density at radius 2 is 1.89 bits per heavy atom. The van der Waals surface area contributed by atoms with E-state index in [9.17, 15) is 9.18 Å². The zero-order chi connectivity index (χ0) is 24.9. The van der Waals surface area contributed by atoms with Crippen molar-refractivity contribution in [2.24, 2.45) is 5.92 Å². The first-order valence-corrected chi connectivity index (χ1v) is 12.8. The van der Waals surface area contributed by atoms with Gasteiger partial charge in [-0.1, -0.05) is 31.2 Å². The largest absolute Gasteiger partial charge is 0.492 e. The normalized spacial score (nSPS) is 20.4. The number of rotatable bonds is 8. The van der Waals surface area contributed by atoms with Crippen LogP contribution < -0.4 is 14.8 Å². The van der Waals surface area contributed by atoms with Gasteiger partial charge in [0.2, 0.25) is 0 Å². The van der Waals surface area contributed by atoms with Crippen molar-refractivity contribution in [1.82, 2.24) is 4.90 Å². The minimum absolute atomic E-state index is 0.0671. The van der Waals surface area contributed by atoms with Gasteiger partial charge in [-0.25, -0.2) is 4.39 Å². The first-order valence-electron chi connectivity index (χ1n) is 12.8. The fourth-order valence-electron chi connectivity index (χ4n) is 5.03. The molecule has 0 aromatic heterocycles. The molecule has 1 heterocycles. The Morgan fingerprint density at radius 3 is 2.67 bits per heavy atom. The van der Waals surface area contributed by atoms with Crippen LogP contribution in [0.2, 0.25) is 0 Å². The molecule has 3 aromatic rings. The van der Waals surface area contributed by atoms with Crippen LogP contribution in [-0.2, 0) is 4.74 Å². The second-order valence-corrected chi connectivity index (χ2v) is 9.75. The molecule has 2 unspecified atom stereocenters. The molecule has 36 heavy (non-hydrogen) atoms. The lowest BCUT2D eigenvalue weighted by Crippen LogP contribution is -2.38. The zero-order valence-electron chi connectivity index (χ0n) is 20.7. The monoisotopic (exact) mass is 492 g/mol. The number of nitrogens with one attached hydrogen (secondary N) is 1. The van der Waals surface area contributed by atoms with Gasteiger partial charge in [0.1, 0.15) is 23.9 Å². The lowest BCUT2D eigenvalue weighted by atomic mass is 10.1. The lowest BCUT2D eigenvalue weighted by Gasteiger charge is -2.26. The number of halogens is 1. The summed E-state index contributed by atoms with van der Waals surface area (Å²) in [4.78, 5) is 15.4. The quantitative estimate of drug-likeness (QED) is 0.449. The first-order chi connectivity index (χ1) is 17.5. The van der Waals surface area contributed by atoms with Crippen molar-refractivity contribution < 1.29 is 23.4 Å². The van der Waals surface area contributed by atoms with Gasteiger partial charge in [-0.15, -0.1) is 0 Å². The van der Waals surface area contributed by atoms with Gasteiger partial charge >= 0.3 is 0 Å². The number of anilines is 1. The summed E-state index contributed by atoms with van der Waals surface area (Å²) in [7, 11) is 0. The van der Waals surface area contributed by atoms with Gasteiger partial charge in [-0.2, -0.15) is 0 Å². The minimum atomic E-state index is -0.488. The van der Waals surface area contributed by atoms with Crippen LogP contribution in [0, 0.1) is 11.7 Å². The number of fused-ring (bicyclic) bond motifs is 1. The van der Waals surface area contributed by atoms with Crippen LogP contribution in [0.4, 0.5) is 10.1 Å². The summed E-state index contributed by atoms with van der Waals surface area (Å²) in [6.45, 7) is 6.95. The summed E-state index contributed by atoms with van der Waals surface area (Å²) in [6, 6.07) is 15.7. The molecule has 5 rings (SSSR count). The average Bonchev–Trinajstić information content (AvgIpc) is 3.29. The van der Waals surface area contributed by atoms with Crippen molar-refractivity contribution in [3.05, 3.63) is 66.0 Å². The van der Waals surface area contributed by atoms with Crippen LogP contribution >= 0.6 is 0 Å². The number of benzene rings is 3. The highest BCUT2D eigenvalue weighted by molar-refractivity contribution is 6.10. The number of morpholine rings is 1. The number of hydrogen-bond acceptors (Lipinski definition) is 5. The van der Waals surface area contributed by atoms with Crippen LogP contribution in [0.25, 0.3) is 10.8 Å². The number of ether oxygens (including phenoxy) is 3. The van der Waals surface area contributed by atoms with Crippen molar-refractivity contribution in [2.45, 2.75) is 32.3 Å². The van der Waals surface area contributed by atoms with Crippen molar-refractivity contribution in [2.75, 3.05) is 44.8 Å². The Morgan fingerprint density at radius 1 is 1.08 bits per heavy atom. The molecule has 1 aliphatic carbocycles. The predicted octanol–water partition coefficient (Wildman–Crippen LogP) is 5.51. The summed E-state index contributed by atoms with van der Waals surface area (Å²) in [6.07, 6.45) is 3.07. The fraction of sp³-hybridized carbons (Fsp3) is 0.414. The molecule has 1 amide bonds. The van der Waals surface area contributed by atoms with Gasteiger partial charge in [-0.3, -0.25) is 9.69 Å². The Hall–Kier alpha value is -3.16. The highest BCUT2D eigenvalue weighted by Gasteiger charge is 2.23. The lowest BCUT2D eigenvalue weighted by molar-refractivity contribution is 0.0323. The maximum Gasteiger partial charge on any atom is 0.255 e. The van der Waals surface area contributed by atoms with Crippen molar-refractivity contribution >= 4 is 22.4 Å². The molecule has 1 saturated carbocycles. The van der Waals surface area contributed by atoms with Crippen molar-refractivity contribution in [3.8, 4) is 11.5 Å². The SMILES string of the molecule is CC1CCC(Oc2cc(F)cc(C(=O)Nc3ccc(OCCN4CCOCC4)c4ccccc34)c2)C1. The molecule has 7 heteroatoms. The maximum atomic E-state index is 14.3. The van der Waals surface area contributed by atoms with Gasteiger partial charge in [0.05, 0.1) is 19.3 Å². The summed E-state index contributed by atoms with van der Waals surface area (Å²) < 4.78 is 31.8. The van der Waals surface area contributed by atoms with E-state index in [4.69, 9.17) is 14.2 Å². The molecule has 2 aliphatic rings. The van der Waals surface area contributed by atoms with Crippen molar-refractivity contribution in [3.63, 3.8) is 0 Å². The fourth-order valence-corrected chi connectivity index (χ4v) is 5.03. The molecule has 2 atom stereocenters. The molecule has 6 nitrogen and oxygen atoms in total. The third-order valence-corrected chi connectivity index (χ3v) is 6.98. The topological polar surface area (TPSA) is 60.0 Å². The van der Waals surface area contributed by atoms with Crippen LogP contribution in [0.3, 0.4) is 0 Å². The van der Waals surface area contributed by atoms with Crippen LogP contribution in [0.5, 0.6) is 11.5 Å². The second kappa shape index (κ2) is 11.3. The van der Waals surface area contributed by atoms with Gasteiger partial charge in [0.25, 0.3) is 5.91 Å². The molecule has 3 aromatic carbocycles. The van der Waals surface area contributed by atoms with Crippen LogP contribution in [-0.4, -0.2) is 56.4 Å². The van der Waals surface area contributed by atoms with E-state index in [1.807, 2.05) is 36.4 Å². The third-order valence-electron chi connectivity index (χ3n) is 6.98. The van der Waals surface area contributed by atoms with Gasteiger partial charge in [-0.05, 0) is 49.4 Å². The van der Waals surface area contributed by atoms with Gasteiger partial charge in [0.15, 0.2) is 0 Å². The highest BCUT2D eigenvalue weighted by Crippen LogP contribution is 2.33. The van der Waals surface area contributed by atoms with E-state index in [2.05, 4.69) is 17.1 Å². The molecule has 0 radical (unpaired) electrons. The Bertz CT molecular complexity index is 1210. The van der Waals surface area contributed by atoms with Gasteiger partial charge in [0, 0.05) is 47.7 Å². The summed E-state index contributed by atoms with van der Waals surface area (Å²) >= 11 is 0. The number of amides is 1. The Kier molecular flexibility index (Phi) is 7.68. The molecule has 1 aliphatic heterocycles. The van der Waals surface area contributed by atoms with E-state index in [0.717, 1.165) is 68.6 Å². The molecule has 0 bridgehead atoms. The minimum Gasteiger partial charge on any atom is -0.492 e. The smallest absolute Gasteiger partial charge is 0.255 e. The molecule has 1 N–H and O–H groups in total. The number of hydrogen-bond donors (Lipinski definition) is 1.